The average molecular weight is 386 g/mol. The molecule has 1 saturated carbocycles. The molecule has 0 amide bonds. The molecule has 1 aliphatic carbocycles. The largest absolute Gasteiger partial charge is 0.489 e. The third kappa shape index (κ3) is 2.09. The van der Waals surface area contributed by atoms with Crippen LogP contribution in [0, 0.1) is 33.5 Å². The lowest BCUT2D eigenvalue weighted by molar-refractivity contribution is -0.184. The van der Waals surface area contributed by atoms with Crippen molar-refractivity contribution in [3.8, 4) is 17.9 Å². The van der Waals surface area contributed by atoms with E-state index in [-0.39, 0.29) is 5.84 Å². The first-order valence-corrected chi connectivity index (χ1v) is 9.36. The van der Waals surface area contributed by atoms with Gasteiger partial charge in [0.25, 0.3) is 5.91 Å². The van der Waals surface area contributed by atoms with Crippen molar-refractivity contribution in [3.63, 3.8) is 0 Å². The number of rotatable bonds is 4. The standard InChI is InChI=1S/C22H18N4O3/c23-13-20-18(21(20,14-24)22(26-19(20)25)28-10-11-29-22)16-6-8-17(9-7-16)27-12-15-4-2-1-3-5-15/h1-9,18H,10-12H2,(H2,25,26)/t18-,20+,21+/m1/s1. The molecule has 1 spiro atoms. The van der Waals surface area contributed by atoms with Crippen molar-refractivity contribution in [2.45, 2.75) is 18.4 Å². The number of fused-ring (bicyclic) bond motifs is 2. The Labute approximate surface area is 167 Å². The number of nitrogens with two attached hydrogens (primary N) is 1. The molecule has 2 aliphatic heterocycles. The fourth-order valence-electron chi connectivity index (χ4n) is 4.72. The molecule has 3 aliphatic rings. The van der Waals surface area contributed by atoms with E-state index in [4.69, 9.17) is 19.9 Å². The van der Waals surface area contributed by atoms with Gasteiger partial charge in [-0.25, -0.2) is 4.99 Å². The molecule has 2 aromatic carbocycles. The van der Waals surface area contributed by atoms with Gasteiger partial charge in [0.15, 0.2) is 5.41 Å². The molecule has 2 aromatic rings. The van der Waals surface area contributed by atoms with Crippen LogP contribution in [-0.2, 0) is 16.1 Å². The fraction of sp³-hybridized carbons (Fsp3) is 0.318. The Morgan fingerprint density at radius 3 is 2.34 bits per heavy atom. The van der Waals surface area contributed by atoms with Gasteiger partial charge >= 0.3 is 0 Å². The van der Waals surface area contributed by atoms with Gasteiger partial charge in [-0.3, -0.25) is 0 Å². The van der Waals surface area contributed by atoms with E-state index < -0.39 is 22.7 Å². The van der Waals surface area contributed by atoms with E-state index in [1.54, 1.807) is 0 Å². The van der Waals surface area contributed by atoms with Crippen LogP contribution in [0.1, 0.15) is 17.0 Å². The van der Waals surface area contributed by atoms with E-state index in [1.807, 2.05) is 54.6 Å². The molecule has 7 nitrogen and oxygen atoms in total. The fourth-order valence-corrected chi connectivity index (χ4v) is 4.72. The maximum atomic E-state index is 10.1. The lowest BCUT2D eigenvalue weighted by atomic mass is 9.94. The minimum Gasteiger partial charge on any atom is -0.489 e. The van der Waals surface area contributed by atoms with Gasteiger partial charge in [-0.05, 0) is 23.3 Å². The molecule has 29 heavy (non-hydrogen) atoms. The van der Waals surface area contributed by atoms with E-state index in [0.717, 1.165) is 11.1 Å². The topological polar surface area (TPSA) is 114 Å². The van der Waals surface area contributed by atoms with E-state index in [0.29, 0.717) is 25.6 Å². The van der Waals surface area contributed by atoms with Crippen LogP contribution >= 0.6 is 0 Å². The molecular formula is C22H18N4O3. The number of benzene rings is 2. The lowest BCUT2D eigenvalue weighted by Gasteiger charge is -2.25. The maximum Gasteiger partial charge on any atom is 0.293 e. The van der Waals surface area contributed by atoms with Gasteiger partial charge in [-0.1, -0.05) is 42.5 Å². The van der Waals surface area contributed by atoms with E-state index >= 15 is 0 Å². The second-order valence-electron chi connectivity index (χ2n) is 7.39. The van der Waals surface area contributed by atoms with Crippen LogP contribution in [0.2, 0.25) is 0 Å². The summed E-state index contributed by atoms with van der Waals surface area (Å²) in [4.78, 5) is 4.27. The first-order chi connectivity index (χ1) is 14.1. The highest BCUT2D eigenvalue weighted by Gasteiger charge is 2.94. The molecule has 144 valence electrons. The minimum atomic E-state index is -1.51. The molecule has 0 aromatic heterocycles. The Morgan fingerprint density at radius 1 is 1.03 bits per heavy atom. The van der Waals surface area contributed by atoms with Gasteiger partial charge in [-0.2, -0.15) is 10.5 Å². The zero-order valence-corrected chi connectivity index (χ0v) is 15.5. The third-order valence-electron chi connectivity index (χ3n) is 6.07. The summed E-state index contributed by atoms with van der Waals surface area (Å²) in [7, 11) is 0. The number of hydrogen-bond donors (Lipinski definition) is 1. The molecule has 2 heterocycles. The summed E-state index contributed by atoms with van der Waals surface area (Å²) in [6, 6.07) is 21.8. The van der Waals surface area contributed by atoms with Crippen LogP contribution in [0.5, 0.6) is 5.75 Å². The maximum absolute atomic E-state index is 10.1. The predicted molar refractivity (Wildman–Crippen MR) is 102 cm³/mol. The normalized spacial score (nSPS) is 30.8. The van der Waals surface area contributed by atoms with E-state index in [1.165, 1.54) is 0 Å². The zero-order chi connectivity index (χ0) is 20.1. The van der Waals surface area contributed by atoms with Crippen molar-refractivity contribution in [2.75, 3.05) is 13.2 Å². The Morgan fingerprint density at radius 2 is 1.72 bits per heavy atom. The van der Waals surface area contributed by atoms with Crippen molar-refractivity contribution in [1.29, 1.82) is 10.5 Å². The van der Waals surface area contributed by atoms with E-state index in [2.05, 4.69) is 17.1 Å². The second kappa shape index (κ2) is 6.05. The first-order valence-electron chi connectivity index (χ1n) is 9.36. The van der Waals surface area contributed by atoms with Crippen LogP contribution in [-0.4, -0.2) is 25.0 Å². The number of nitrogens with zero attached hydrogens (tertiary/aromatic N) is 3. The Balaban J connectivity index is 1.44. The van der Waals surface area contributed by atoms with Gasteiger partial charge in [0.1, 0.15) is 23.6 Å². The summed E-state index contributed by atoms with van der Waals surface area (Å²) in [5.41, 5.74) is 5.47. The summed E-state index contributed by atoms with van der Waals surface area (Å²) in [5.74, 6) is -1.19. The van der Waals surface area contributed by atoms with Crippen molar-refractivity contribution >= 4 is 5.84 Å². The van der Waals surface area contributed by atoms with Crippen LogP contribution in [0.3, 0.4) is 0 Å². The number of hydrogen-bond acceptors (Lipinski definition) is 7. The number of nitriles is 2. The molecule has 3 atom stereocenters. The number of amidine groups is 1. The summed E-state index contributed by atoms with van der Waals surface area (Å²) in [6.07, 6.45) is 0. The average Bonchev–Trinajstić information content (AvgIpc) is 3.01. The summed E-state index contributed by atoms with van der Waals surface area (Å²) in [6.45, 7) is 1.07. The Kier molecular flexibility index (Phi) is 3.69. The van der Waals surface area contributed by atoms with Gasteiger partial charge in [0.05, 0.1) is 25.4 Å². The first kappa shape index (κ1) is 17.7. The molecule has 2 N–H and O–H groups in total. The van der Waals surface area contributed by atoms with E-state index in [9.17, 15) is 10.5 Å². The van der Waals surface area contributed by atoms with Gasteiger partial charge in [-0.15, -0.1) is 0 Å². The third-order valence-corrected chi connectivity index (χ3v) is 6.07. The number of aliphatic imine (C=N–C) groups is 1. The highest BCUT2D eigenvalue weighted by Crippen LogP contribution is 2.82. The quantitative estimate of drug-likeness (QED) is 0.863. The van der Waals surface area contributed by atoms with Crippen molar-refractivity contribution in [3.05, 3.63) is 65.7 Å². The smallest absolute Gasteiger partial charge is 0.293 e. The minimum absolute atomic E-state index is 0.0952. The molecule has 0 unspecified atom stereocenters. The Bertz CT molecular complexity index is 1060. The van der Waals surface area contributed by atoms with Crippen LogP contribution in [0.25, 0.3) is 0 Å². The zero-order valence-electron chi connectivity index (χ0n) is 15.5. The molecular weight excluding hydrogens is 368 g/mol. The highest BCUT2D eigenvalue weighted by atomic mass is 16.8. The molecule has 0 bridgehead atoms. The van der Waals surface area contributed by atoms with Gasteiger partial charge in [0, 0.05) is 5.92 Å². The molecule has 7 heteroatoms. The second-order valence-corrected chi connectivity index (χ2v) is 7.39. The summed E-state index contributed by atoms with van der Waals surface area (Å²) < 4.78 is 17.3. The van der Waals surface area contributed by atoms with Gasteiger partial charge in [0.2, 0.25) is 0 Å². The molecule has 0 radical (unpaired) electrons. The predicted octanol–water partition coefficient (Wildman–Crippen LogP) is 2.45. The van der Waals surface area contributed by atoms with Gasteiger partial charge < -0.3 is 19.9 Å². The number of ether oxygens (including phenoxy) is 3. The highest BCUT2D eigenvalue weighted by molar-refractivity contribution is 6.00. The molecule has 5 rings (SSSR count). The molecule has 2 fully saturated rings. The lowest BCUT2D eigenvalue weighted by Crippen LogP contribution is -2.38. The Hall–Kier alpha value is -3.39. The summed E-state index contributed by atoms with van der Waals surface area (Å²) in [5, 5.41) is 20.1. The summed E-state index contributed by atoms with van der Waals surface area (Å²) >= 11 is 0. The van der Waals surface area contributed by atoms with Crippen molar-refractivity contribution in [1.82, 2.24) is 0 Å². The molecule has 1 saturated heterocycles. The van der Waals surface area contributed by atoms with Crippen LogP contribution < -0.4 is 10.5 Å². The SMILES string of the molecule is N#C[C@]12C(N)=NC3(OCCO3)[C@@]1(C#N)[C@@H]2c1ccc(OCc2ccccc2)cc1. The monoisotopic (exact) mass is 386 g/mol. The van der Waals surface area contributed by atoms with Crippen molar-refractivity contribution in [2.24, 2.45) is 21.6 Å². The van der Waals surface area contributed by atoms with Crippen LogP contribution in [0.4, 0.5) is 0 Å². The van der Waals surface area contributed by atoms with Crippen LogP contribution in [0.15, 0.2) is 59.6 Å². The van der Waals surface area contributed by atoms with Crippen molar-refractivity contribution < 1.29 is 14.2 Å².